The molecule has 4 nitrogen and oxygen atoms in total. The number of amides is 2. The number of rotatable bonds is 1. The van der Waals surface area contributed by atoms with Gasteiger partial charge >= 0.3 is 6.03 Å². The maximum absolute atomic E-state index is 12.6. The van der Waals surface area contributed by atoms with E-state index in [0.29, 0.717) is 6.54 Å². The number of halogens is 1. The molecule has 4 rings (SSSR count). The first-order valence-corrected chi connectivity index (χ1v) is 8.81. The zero-order valence-corrected chi connectivity index (χ0v) is 15.0. The zero-order chi connectivity index (χ0) is 16.7. The first-order valence-electron chi connectivity index (χ1n) is 8.02. The van der Waals surface area contributed by atoms with Crippen LogP contribution in [-0.4, -0.2) is 22.5 Å². The van der Waals surface area contributed by atoms with E-state index >= 15 is 0 Å². The van der Waals surface area contributed by atoms with Gasteiger partial charge in [-0.1, -0.05) is 34.1 Å². The quantitative estimate of drug-likeness (QED) is 0.620. The summed E-state index contributed by atoms with van der Waals surface area (Å²) in [6.45, 7) is 3.34. The normalized spacial score (nSPS) is 13.8. The highest BCUT2D eigenvalue weighted by molar-refractivity contribution is 9.10. The van der Waals surface area contributed by atoms with Crippen LogP contribution >= 0.6 is 15.9 Å². The summed E-state index contributed by atoms with van der Waals surface area (Å²) in [5.74, 6) is 0. The summed E-state index contributed by atoms with van der Waals surface area (Å²) in [6, 6.07) is 14.1. The molecular formula is C19H18BrN3O. The zero-order valence-electron chi connectivity index (χ0n) is 13.4. The number of H-pyrrole nitrogens is 1. The fraction of sp³-hybridized carbons (Fsp3) is 0.211. The molecule has 0 saturated carbocycles. The second kappa shape index (κ2) is 5.98. The Hall–Kier alpha value is -2.27. The number of hydrogen-bond donors (Lipinski definition) is 2. The van der Waals surface area contributed by atoms with Crippen LogP contribution in [0.4, 0.5) is 10.5 Å². The van der Waals surface area contributed by atoms with Crippen LogP contribution in [0.1, 0.15) is 16.8 Å². The summed E-state index contributed by atoms with van der Waals surface area (Å²) in [4.78, 5) is 17.9. The lowest BCUT2D eigenvalue weighted by molar-refractivity contribution is 0.206. The van der Waals surface area contributed by atoms with Gasteiger partial charge in [0.2, 0.25) is 0 Å². The number of hydrogen-bond acceptors (Lipinski definition) is 1. The summed E-state index contributed by atoms with van der Waals surface area (Å²) in [5.41, 5.74) is 5.53. The standard InChI is InChI=1S/C19H18BrN3O/c1-12-10-13(20)6-7-16(12)22-19(24)23-9-8-15-14-4-2-3-5-17(14)21-18(15)11-23/h2-7,10,21H,8-9,11H2,1H3,(H,22,24). The van der Waals surface area contributed by atoms with E-state index in [9.17, 15) is 4.79 Å². The van der Waals surface area contributed by atoms with E-state index < -0.39 is 0 Å². The number of para-hydroxylation sites is 1. The van der Waals surface area contributed by atoms with Crippen molar-refractivity contribution in [2.75, 3.05) is 11.9 Å². The van der Waals surface area contributed by atoms with Crippen LogP contribution in [0.15, 0.2) is 46.9 Å². The molecule has 0 bridgehead atoms. The number of urea groups is 1. The minimum absolute atomic E-state index is 0.0512. The Bertz CT molecular complexity index is 932. The predicted octanol–water partition coefficient (Wildman–Crippen LogP) is 4.83. The maximum atomic E-state index is 12.6. The first-order chi connectivity index (χ1) is 11.6. The Balaban J connectivity index is 1.54. The molecule has 0 radical (unpaired) electrons. The lowest BCUT2D eigenvalue weighted by Gasteiger charge is -2.27. The summed E-state index contributed by atoms with van der Waals surface area (Å²) in [7, 11) is 0. The fourth-order valence-electron chi connectivity index (χ4n) is 3.33. The van der Waals surface area contributed by atoms with Gasteiger partial charge in [0, 0.05) is 33.3 Å². The molecule has 0 aliphatic carbocycles. The topological polar surface area (TPSA) is 48.1 Å². The largest absolute Gasteiger partial charge is 0.357 e. The van der Waals surface area contributed by atoms with Crippen molar-refractivity contribution in [1.29, 1.82) is 0 Å². The van der Waals surface area contributed by atoms with Crippen LogP contribution in [0.5, 0.6) is 0 Å². The number of aromatic nitrogens is 1. The second-order valence-electron chi connectivity index (χ2n) is 6.19. The predicted molar refractivity (Wildman–Crippen MR) is 100 cm³/mol. The van der Waals surface area contributed by atoms with E-state index in [0.717, 1.165) is 39.9 Å². The van der Waals surface area contributed by atoms with Crippen molar-refractivity contribution >= 4 is 38.6 Å². The molecule has 0 saturated heterocycles. The number of nitrogens with one attached hydrogen (secondary N) is 2. The van der Waals surface area contributed by atoms with Crippen LogP contribution in [0.3, 0.4) is 0 Å². The van der Waals surface area contributed by atoms with Gasteiger partial charge in [-0.25, -0.2) is 4.79 Å². The van der Waals surface area contributed by atoms with Crippen LogP contribution < -0.4 is 5.32 Å². The molecule has 0 atom stereocenters. The van der Waals surface area contributed by atoms with E-state index in [1.54, 1.807) is 0 Å². The molecule has 5 heteroatoms. The molecule has 3 aromatic rings. The summed E-state index contributed by atoms with van der Waals surface area (Å²) >= 11 is 3.45. The number of fused-ring (bicyclic) bond motifs is 3. The molecule has 24 heavy (non-hydrogen) atoms. The molecule has 0 spiro atoms. The SMILES string of the molecule is Cc1cc(Br)ccc1NC(=O)N1CCc2c([nH]c3ccccc23)C1. The number of carbonyl (C=O) groups is 1. The lowest BCUT2D eigenvalue weighted by Crippen LogP contribution is -2.38. The van der Waals surface area contributed by atoms with Crippen LogP contribution in [0, 0.1) is 6.92 Å². The van der Waals surface area contributed by atoms with Crippen molar-refractivity contribution in [2.24, 2.45) is 0 Å². The fourth-order valence-corrected chi connectivity index (χ4v) is 3.80. The molecule has 2 N–H and O–H groups in total. The molecule has 0 unspecified atom stereocenters. The third kappa shape index (κ3) is 2.69. The van der Waals surface area contributed by atoms with Crippen molar-refractivity contribution in [3.8, 4) is 0 Å². The van der Waals surface area contributed by atoms with Crippen LogP contribution in [-0.2, 0) is 13.0 Å². The third-order valence-electron chi connectivity index (χ3n) is 4.60. The van der Waals surface area contributed by atoms with Gasteiger partial charge in [0.1, 0.15) is 0 Å². The molecular weight excluding hydrogens is 366 g/mol. The van der Waals surface area contributed by atoms with Gasteiger partial charge in [-0.05, 0) is 48.7 Å². The summed E-state index contributed by atoms with van der Waals surface area (Å²) < 4.78 is 1.01. The Morgan fingerprint density at radius 2 is 2.08 bits per heavy atom. The first kappa shape index (κ1) is 15.3. The van der Waals surface area contributed by atoms with E-state index in [1.807, 2.05) is 36.1 Å². The van der Waals surface area contributed by atoms with Gasteiger partial charge in [0.05, 0.1) is 6.54 Å². The average Bonchev–Trinajstić information content (AvgIpc) is 2.95. The second-order valence-corrected chi connectivity index (χ2v) is 7.10. The highest BCUT2D eigenvalue weighted by atomic mass is 79.9. The van der Waals surface area contributed by atoms with Gasteiger partial charge in [-0.15, -0.1) is 0 Å². The minimum atomic E-state index is -0.0512. The number of aryl methyl sites for hydroxylation is 1. The highest BCUT2D eigenvalue weighted by Crippen LogP contribution is 2.28. The van der Waals surface area contributed by atoms with E-state index in [2.05, 4.69) is 44.4 Å². The Morgan fingerprint density at radius 1 is 1.25 bits per heavy atom. The van der Waals surface area contributed by atoms with Gasteiger partial charge in [-0.3, -0.25) is 0 Å². The van der Waals surface area contributed by atoms with Crippen molar-refractivity contribution in [3.63, 3.8) is 0 Å². The molecule has 2 amide bonds. The Morgan fingerprint density at radius 3 is 2.92 bits per heavy atom. The number of anilines is 1. The average molecular weight is 384 g/mol. The molecule has 1 aliphatic heterocycles. The minimum Gasteiger partial charge on any atom is -0.357 e. The highest BCUT2D eigenvalue weighted by Gasteiger charge is 2.24. The molecule has 122 valence electrons. The lowest BCUT2D eigenvalue weighted by atomic mass is 10.0. The van der Waals surface area contributed by atoms with Gasteiger partial charge in [-0.2, -0.15) is 0 Å². The number of benzene rings is 2. The van der Waals surface area contributed by atoms with Gasteiger partial charge in [0.15, 0.2) is 0 Å². The Kier molecular flexibility index (Phi) is 3.81. The molecule has 2 heterocycles. The number of carbonyl (C=O) groups excluding carboxylic acids is 1. The number of nitrogens with zero attached hydrogens (tertiary/aromatic N) is 1. The van der Waals surface area contributed by atoms with Crippen molar-refractivity contribution in [1.82, 2.24) is 9.88 Å². The third-order valence-corrected chi connectivity index (χ3v) is 5.09. The van der Waals surface area contributed by atoms with Crippen LogP contribution in [0.2, 0.25) is 0 Å². The molecule has 1 aliphatic rings. The van der Waals surface area contributed by atoms with E-state index in [4.69, 9.17) is 0 Å². The van der Waals surface area contributed by atoms with E-state index in [1.165, 1.54) is 10.9 Å². The summed E-state index contributed by atoms with van der Waals surface area (Å²) in [6.07, 6.45) is 0.881. The molecule has 2 aromatic carbocycles. The maximum Gasteiger partial charge on any atom is 0.322 e. The van der Waals surface area contributed by atoms with Gasteiger partial charge in [0.25, 0.3) is 0 Å². The van der Waals surface area contributed by atoms with Crippen molar-refractivity contribution in [2.45, 2.75) is 19.9 Å². The molecule has 1 aromatic heterocycles. The molecule has 0 fully saturated rings. The van der Waals surface area contributed by atoms with Crippen molar-refractivity contribution < 1.29 is 4.79 Å². The van der Waals surface area contributed by atoms with Crippen molar-refractivity contribution in [3.05, 3.63) is 63.8 Å². The summed E-state index contributed by atoms with van der Waals surface area (Å²) in [5, 5.41) is 4.30. The van der Waals surface area contributed by atoms with Crippen LogP contribution in [0.25, 0.3) is 10.9 Å². The smallest absolute Gasteiger partial charge is 0.322 e. The van der Waals surface area contributed by atoms with E-state index in [-0.39, 0.29) is 6.03 Å². The monoisotopic (exact) mass is 383 g/mol. The van der Waals surface area contributed by atoms with Gasteiger partial charge < -0.3 is 15.2 Å². The Labute approximate surface area is 149 Å². The number of aromatic amines is 1.